The van der Waals surface area contributed by atoms with Crippen LogP contribution in [-0.4, -0.2) is 29.0 Å². The van der Waals surface area contributed by atoms with E-state index in [0.29, 0.717) is 29.8 Å². The van der Waals surface area contributed by atoms with Gasteiger partial charge in [0.2, 0.25) is 5.91 Å². The highest BCUT2D eigenvalue weighted by Gasteiger charge is 2.34. The molecule has 1 aromatic carbocycles. The van der Waals surface area contributed by atoms with Crippen molar-refractivity contribution in [3.8, 4) is 0 Å². The number of rotatable bonds is 3. The lowest BCUT2D eigenvalue weighted by Gasteiger charge is -2.36. The number of halogens is 2. The van der Waals surface area contributed by atoms with Crippen LogP contribution in [0.15, 0.2) is 41.8 Å². The van der Waals surface area contributed by atoms with E-state index in [0.717, 1.165) is 4.88 Å². The Labute approximate surface area is 146 Å². The molecule has 0 bridgehead atoms. The zero-order valence-electron chi connectivity index (χ0n) is 13.0. The van der Waals surface area contributed by atoms with Gasteiger partial charge in [-0.2, -0.15) is 0 Å². The summed E-state index contributed by atoms with van der Waals surface area (Å²) in [5, 5.41) is 5.38. The summed E-state index contributed by atoms with van der Waals surface area (Å²) in [5.74, 6) is -0.311. The van der Waals surface area contributed by atoms with Crippen LogP contribution in [0.4, 0.5) is 14.6 Å². The SMILES string of the molecule is O=C1NCCN(c2nc(C(F)F)nc3ccccc23)[C@H]1c1cccs1. The van der Waals surface area contributed by atoms with Gasteiger partial charge in [0.15, 0.2) is 5.82 Å². The molecule has 1 amide bonds. The van der Waals surface area contributed by atoms with Crippen molar-refractivity contribution < 1.29 is 13.6 Å². The van der Waals surface area contributed by atoms with Gasteiger partial charge < -0.3 is 10.2 Å². The molecule has 128 valence electrons. The van der Waals surface area contributed by atoms with Crippen molar-refractivity contribution in [1.29, 1.82) is 0 Å². The van der Waals surface area contributed by atoms with Gasteiger partial charge in [-0.25, -0.2) is 18.7 Å². The molecule has 1 N–H and O–H groups in total. The lowest BCUT2D eigenvalue weighted by molar-refractivity contribution is -0.123. The number of carbonyl (C=O) groups is 1. The van der Waals surface area contributed by atoms with Crippen molar-refractivity contribution in [3.05, 3.63) is 52.5 Å². The lowest BCUT2D eigenvalue weighted by atomic mass is 10.1. The summed E-state index contributed by atoms with van der Waals surface area (Å²) >= 11 is 1.45. The fraction of sp³-hybridized carbons (Fsp3) is 0.235. The van der Waals surface area contributed by atoms with E-state index in [9.17, 15) is 13.6 Å². The Morgan fingerprint density at radius 1 is 1.20 bits per heavy atom. The standard InChI is InChI=1S/C17H14F2N4OS/c18-14(19)15-21-11-5-2-1-4-10(11)16(22-15)23-8-7-20-17(24)13(23)12-6-3-9-25-12/h1-6,9,13-14H,7-8H2,(H,20,24)/t13-/m0/s1. The topological polar surface area (TPSA) is 58.1 Å². The van der Waals surface area contributed by atoms with Crippen LogP contribution in [0.3, 0.4) is 0 Å². The molecule has 0 radical (unpaired) electrons. The minimum atomic E-state index is -2.78. The molecule has 2 aromatic heterocycles. The Morgan fingerprint density at radius 3 is 2.80 bits per heavy atom. The number of hydrogen-bond donors (Lipinski definition) is 1. The van der Waals surface area contributed by atoms with Crippen molar-refractivity contribution in [2.24, 2.45) is 0 Å². The van der Waals surface area contributed by atoms with Crippen LogP contribution in [0.2, 0.25) is 0 Å². The van der Waals surface area contributed by atoms with E-state index in [1.165, 1.54) is 11.3 Å². The highest BCUT2D eigenvalue weighted by molar-refractivity contribution is 7.10. The molecule has 8 heteroatoms. The van der Waals surface area contributed by atoms with Gasteiger partial charge in [-0.15, -0.1) is 11.3 Å². The van der Waals surface area contributed by atoms with E-state index in [1.54, 1.807) is 29.2 Å². The number of benzene rings is 1. The van der Waals surface area contributed by atoms with E-state index in [1.807, 2.05) is 17.5 Å². The third-order valence-corrected chi connectivity index (χ3v) is 5.02. The zero-order valence-corrected chi connectivity index (χ0v) is 13.8. The van der Waals surface area contributed by atoms with Crippen molar-refractivity contribution in [2.75, 3.05) is 18.0 Å². The molecule has 0 spiro atoms. The van der Waals surface area contributed by atoms with E-state index in [-0.39, 0.29) is 5.91 Å². The summed E-state index contributed by atoms with van der Waals surface area (Å²) in [6, 6.07) is 10.2. The molecule has 0 unspecified atom stereocenters. The molecule has 1 atom stereocenters. The number of aromatic nitrogens is 2. The molecule has 0 aliphatic carbocycles. The molecule has 1 fully saturated rings. The predicted molar refractivity (Wildman–Crippen MR) is 91.9 cm³/mol. The fourth-order valence-corrected chi connectivity index (χ4v) is 3.85. The molecule has 1 aliphatic heterocycles. The van der Waals surface area contributed by atoms with Gasteiger partial charge in [-0.05, 0) is 23.6 Å². The third-order valence-electron chi connectivity index (χ3n) is 4.09. The monoisotopic (exact) mass is 360 g/mol. The second kappa shape index (κ2) is 6.36. The number of piperazine rings is 1. The number of nitrogens with zero attached hydrogens (tertiary/aromatic N) is 3. The summed E-state index contributed by atoms with van der Waals surface area (Å²) in [4.78, 5) is 23.2. The highest BCUT2D eigenvalue weighted by atomic mass is 32.1. The normalized spacial score (nSPS) is 18.0. The first-order valence-corrected chi connectivity index (χ1v) is 8.65. The first-order valence-electron chi connectivity index (χ1n) is 7.78. The van der Waals surface area contributed by atoms with Gasteiger partial charge in [-0.3, -0.25) is 4.79 Å². The van der Waals surface area contributed by atoms with Gasteiger partial charge in [0, 0.05) is 23.4 Å². The molecular weight excluding hydrogens is 346 g/mol. The van der Waals surface area contributed by atoms with E-state index < -0.39 is 18.3 Å². The second-order valence-electron chi connectivity index (χ2n) is 5.63. The van der Waals surface area contributed by atoms with Crippen LogP contribution >= 0.6 is 11.3 Å². The molecule has 1 aliphatic rings. The number of alkyl halides is 2. The van der Waals surface area contributed by atoms with Crippen LogP contribution < -0.4 is 10.2 Å². The minimum Gasteiger partial charge on any atom is -0.352 e. The Kier molecular flexibility index (Phi) is 4.04. The number of anilines is 1. The summed E-state index contributed by atoms with van der Waals surface area (Å²) in [6.45, 7) is 0.918. The lowest BCUT2D eigenvalue weighted by Crippen LogP contribution is -2.50. The van der Waals surface area contributed by atoms with Crippen molar-refractivity contribution in [2.45, 2.75) is 12.5 Å². The minimum absolute atomic E-state index is 0.157. The number of para-hydroxylation sites is 1. The molecule has 1 saturated heterocycles. The van der Waals surface area contributed by atoms with E-state index >= 15 is 0 Å². The molecule has 0 saturated carbocycles. The maximum absolute atomic E-state index is 13.3. The maximum atomic E-state index is 13.3. The van der Waals surface area contributed by atoms with Crippen LogP contribution in [-0.2, 0) is 4.79 Å². The summed E-state index contributed by atoms with van der Waals surface area (Å²) < 4.78 is 26.5. The smallest absolute Gasteiger partial charge is 0.297 e. The predicted octanol–water partition coefficient (Wildman–Crippen LogP) is 3.31. The van der Waals surface area contributed by atoms with E-state index in [2.05, 4.69) is 15.3 Å². The number of nitrogens with one attached hydrogen (secondary N) is 1. The van der Waals surface area contributed by atoms with Crippen LogP contribution in [0, 0.1) is 0 Å². The molecule has 3 aromatic rings. The van der Waals surface area contributed by atoms with E-state index in [4.69, 9.17) is 0 Å². The van der Waals surface area contributed by atoms with Gasteiger partial charge >= 0.3 is 0 Å². The Hall–Kier alpha value is -2.61. The Morgan fingerprint density at radius 2 is 2.04 bits per heavy atom. The highest BCUT2D eigenvalue weighted by Crippen LogP contribution is 2.35. The maximum Gasteiger partial charge on any atom is 0.297 e. The first kappa shape index (κ1) is 15.9. The third kappa shape index (κ3) is 2.82. The van der Waals surface area contributed by atoms with Gasteiger partial charge in [-0.1, -0.05) is 18.2 Å². The van der Waals surface area contributed by atoms with Gasteiger partial charge in [0.1, 0.15) is 11.9 Å². The van der Waals surface area contributed by atoms with Gasteiger partial charge in [0.25, 0.3) is 6.43 Å². The summed E-state index contributed by atoms with van der Waals surface area (Å²) in [5.41, 5.74) is 0.443. The van der Waals surface area contributed by atoms with Gasteiger partial charge in [0.05, 0.1) is 5.52 Å². The summed E-state index contributed by atoms with van der Waals surface area (Å²) in [6.07, 6.45) is -2.78. The van der Waals surface area contributed by atoms with Crippen molar-refractivity contribution >= 4 is 34.0 Å². The molecular formula is C17H14F2N4OS. The number of hydrogen-bond acceptors (Lipinski definition) is 5. The Bertz CT molecular complexity index is 916. The second-order valence-corrected chi connectivity index (χ2v) is 6.60. The number of carbonyl (C=O) groups excluding carboxylic acids is 1. The fourth-order valence-electron chi connectivity index (χ4n) is 3.02. The average molecular weight is 360 g/mol. The van der Waals surface area contributed by atoms with Crippen molar-refractivity contribution in [3.63, 3.8) is 0 Å². The quantitative estimate of drug-likeness (QED) is 0.779. The van der Waals surface area contributed by atoms with Crippen molar-refractivity contribution in [1.82, 2.24) is 15.3 Å². The Balaban J connectivity index is 1.90. The number of fused-ring (bicyclic) bond motifs is 1. The average Bonchev–Trinajstić information content (AvgIpc) is 3.14. The zero-order chi connectivity index (χ0) is 17.4. The molecule has 4 rings (SSSR count). The van der Waals surface area contributed by atoms with Crippen LogP contribution in [0.1, 0.15) is 23.2 Å². The number of amides is 1. The molecule has 25 heavy (non-hydrogen) atoms. The first-order chi connectivity index (χ1) is 12.1. The van der Waals surface area contributed by atoms with Crippen LogP contribution in [0.25, 0.3) is 10.9 Å². The molecule has 5 nitrogen and oxygen atoms in total. The summed E-state index contributed by atoms with van der Waals surface area (Å²) in [7, 11) is 0. The molecule has 3 heterocycles. The number of thiophene rings is 1. The largest absolute Gasteiger partial charge is 0.352 e. The van der Waals surface area contributed by atoms with Crippen LogP contribution in [0.5, 0.6) is 0 Å².